The first kappa shape index (κ1) is 17.9. The third kappa shape index (κ3) is 3.85. The maximum atomic E-state index is 13.7. The van der Waals surface area contributed by atoms with Crippen molar-refractivity contribution in [2.45, 2.75) is 6.61 Å². The van der Waals surface area contributed by atoms with Crippen molar-refractivity contribution in [3.8, 4) is 11.5 Å². The predicted molar refractivity (Wildman–Crippen MR) is 96.1 cm³/mol. The molecule has 0 unspecified atom stereocenters. The molecule has 2 aromatic carbocycles. The Bertz CT molecular complexity index is 914. The van der Waals surface area contributed by atoms with Gasteiger partial charge in [-0.1, -0.05) is 18.2 Å². The van der Waals surface area contributed by atoms with Gasteiger partial charge >= 0.3 is 6.03 Å². The van der Waals surface area contributed by atoms with Crippen LogP contribution in [0.15, 0.2) is 46.6 Å². The van der Waals surface area contributed by atoms with E-state index in [9.17, 15) is 14.0 Å². The number of amides is 3. The van der Waals surface area contributed by atoms with E-state index in [0.717, 1.165) is 0 Å². The number of hydrogen-bond donors (Lipinski definition) is 2. The summed E-state index contributed by atoms with van der Waals surface area (Å²) in [5.74, 6) is -0.0676. The normalized spacial score (nSPS) is 15.0. The topological polar surface area (TPSA) is 76.7 Å². The molecular weight excluding hydrogens is 407 g/mol. The number of carbonyl (C=O) groups is 2. The maximum Gasteiger partial charge on any atom is 0.326 e. The fourth-order valence-corrected chi connectivity index (χ4v) is 2.95. The van der Waals surface area contributed by atoms with Gasteiger partial charge in [-0.15, -0.1) is 0 Å². The summed E-state index contributed by atoms with van der Waals surface area (Å²) in [6.45, 7) is 0.0283. The molecule has 2 N–H and O–H groups in total. The van der Waals surface area contributed by atoms with Crippen molar-refractivity contribution >= 4 is 33.9 Å². The summed E-state index contributed by atoms with van der Waals surface area (Å²) in [5, 5.41) is 4.53. The molecule has 3 rings (SSSR count). The average Bonchev–Trinajstić information content (AvgIpc) is 2.92. The van der Waals surface area contributed by atoms with E-state index in [0.29, 0.717) is 27.1 Å². The number of rotatable bonds is 5. The smallest absolute Gasteiger partial charge is 0.326 e. The third-order valence-corrected chi connectivity index (χ3v) is 4.20. The Morgan fingerprint density at radius 1 is 1.19 bits per heavy atom. The van der Waals surface area contributed by atoms with Gasteiger partial charge in [-0.3, -0.25) is 10.1 Å². The Morgan fingerprint density at radius 3 is 2.62 bits per heavy atom. The summed E-state index contributed by atoms with van der Waals surface area (Å²) < 4.78 is 25.3. The quantitative estimate of drug-likeness (QED) is 0.574. The van der Waals surface area contributed by atoms with Crippen LogP contribution in [0.3, 0.4) is 0 Å². The van der Waals surface area contributed by atoms with Gasteiger partial charge in [-0.05, 0) is 45.8 Å². The first-order chi connectivity index (χ1) is 12.5. The molecule has 0 saturated carbocycles. The standard InChI is InChI=1S/C18H14BrFN2O4/c1-25-15-8-10(7-14-17(23)22-18(24)21-14)6-12(19)16(15)26-9-11-4-2-3-5-13(11)20/h2-8H,9H2,1H3,(H2,21,22,23,24)/b14-7-. The molecule has 0 bridgehead atoms. The van der Waals surface area contributed by atoms with Gasteiger partial charge in [0.05, 0.1) is 11.6 Å². The molecule has 6 nitrogen and oxygen atoms in total. The van der Waals surface area contributed by atoms with Gasteiger partial charge in [0, 0.05) is 5.56 Å². The minimum Gasteiger partial charge on any atom is -0.493 e. The van der Waals surface area contributed by atoms with Crippen molar-refractivity contribution in [1.29, 1.82) is 0 Å². The zero-order chi connectivity index (χ0) is 18.7. The van der Waals surface area contributed by atoms with Gasteiger partial charge in [-0.2, -0.15) is 0 Å². The molecule has 1 aliphatic rings. The lowest BCUT2D eigenvalue weighted by Crippen LogP contribution is -2.22. The maximum absolute atomic E-state index is 13.7. The second-order valence-electron chi connectivity index (χ2n) is 5.38. The minimum atomic E-state index is -0.572. The zero-order valence-corrected chi connectivity index (χ0v) is 15.2. The first-order valence-electron chi connectivity index (χ1n) is 7.55. The molecule has 0 atom stereocenters. The molecule has 2 aromatic rings. The molecule has 8 heteroatoms. The van der Waals surface area contributed by atoms with Gasteiger partial charge in [-0.25, -0.2) is 9.18 Å². The number of imide groups is 1. The Hall–Kier alpha value is -2.87. The summed E-state index contributed by atoms with van der Waals surface area (Å²) in [6.07, 6.45) is 1.51. The van der Waals surface area contributed by atoms with E-state index < -0.39 is 11.9 Å². The molecule has 0 aromatic heterocycles. The molecule has 1 saturated heterocycles. The molecular formula is C18H14BrFN2O4. The number of methoxy groups -OCH3 is 1. The van der Waals surface area contributed by atoms with E-state index in [4.69, 9.17) is 9.47 Å². The van der Waals surface area contributed by atoms with Crippen molar-refractivity contribution in [3.05, 3.63) is 63.5 Å². The lowest BCUT2D eigenvalue weighted by Gasteiger charge is -2.14. The molecule has 26 heavy (non-hydrogen) atoms. The van der Waals surface area contributed by atoms with Crippen molar-refractivity contribution in [3.63, 3.8) is 0 Å². The van der Waals surface area contributed by atoms with E-state index in [1.54, 1.807) is 30.3 Å². The van der Waals surface area contributed by atoms with Crippen LogP contribution in [0.5, 0.6) is 11.5 Å². The first-order valence-corrected chi connectivity index (χ1v) is 8.35. The van der Waals surface area contributed by atoms with E-state index in [1.807, 2.05) is 0 Å². The summed E-state index contributed by atoms with van der Waals surface area (Å²) in [4.78, 5) is 22.8. The number of ether oxygens (including phenoxy) is 2. The molecule has 0 radical (unpaired) electrons. The van der Waals surface area contributed by atoms with Crippen LogP contribution in [0.25, 0.3) is 6.08 Å². The number of hydrogen-bond acceptors (Lipinski definition) is 4. The van der Waals surface area contributed by atoms with Crippen LogP contribution in [0.2, 0.25) is 0 Å². The molecule has 0 spiro atoms. The van der Waals surface area contributed by atoms with Crippen LogP contribution in [-0.4, -0.2) is 19.0 Å². The Balaban J connectivity index is 1.86. The number of carbonyl (C=O) groups excluding carboxylic acids is 2. The summed E-state index contributed by atoms with van der Waals surface area (Å²) in [5.41, 5.74) is 1.15. The van der Waals surface area contributed by atoms with Gasteiger partial charge < -0.3 is 14.8 Å². The highest BCUT2D eigenvalue weighted by atomic mass is 79.9. The average molecular weight is 421 g/mol. The highest BCUT2D eigenvalue weighted by Crippen LogP contribution is 2.37. The highest BCUT2D eigenvalue weighted by Gasteiger charge is 2.23. The number of nitrogens with one attached hydrogen (secondary N) is 2. The second-order valence-corrected chi connectivity index (χ2v) is 6.23. The van der Waals surface area contributed by atoms with Crippen LogP contribution < -0.4 is 20.1 Å². The monoisotopic (exact) mass is 420 g/mol. The molecule has 134 valence electrons. The van der Waals surface area contributed by atoms with E-state index in [2.05, 4.69) is 26.6 Å². The number of urea groups is 1. The number of benzene rings is 2. The van der Waals surface area contributed by atoms with Crippen LogP contribution in [0, 0.1) is 5.82 Å². The van der Waals surface area contributed by atoms with Gasteiger partial charge in [0.1, 0.15) is 18.1 Å². The van der Waals surface area contributed by atoms with E-state index in [1.165, 1.54) is 19.3 Å². The molecule has 1 aliphatic heterocycles. The van der Waals surface area contributed by atoms with Crippen molar-refractivity contribution in [2.75, 3.05) is 7.11 Å². The van der Waals surface area contributed by atoms with Crippen LogP contribution in [-0.2, 0) is 11.4 Å². The van der Waals surface area contributed by atoms with Gasteiger partial charge in [0.15, 0.2) is 11.5 Å². The lowest BCUT2D eigenvalue weighted by atomic mass is 10.1. The predicted octanol–water partition coefficient (Wildman–Crippen LogP) is 3.36. The Kier molecular flexibility index (Phi) is 5.22. The van der Waals surface area contributed by atoms with Crippen molar-refractivity contribution in [2.24, 2.45) is 0 Å². The largest absolute Gasteiger partial charge is 0.493 e. The van der Waals surface area contributed by atoms with Crippen molar-refractivity contribution < 1.29 is 23.5 Å². The molecule has 0 aliphatic carbocycles. The zero-order valence-electron chi connectivity index (χ0n) is 13.6. The Labute approximate surface area is 157 Å². The van der Waals surface area contributed by atoms with Gasteiger partial charge in [0.25, 0.3) is 5.91 Å². The SMILES string of the molecule is COc1cc(/C=C2\NC(=O)NC2=O)cc(Br)c1OCc1ccccc1F. The summed E-state index contributed by atoms with van der Waals surface area (Å²) in [6, 6.07) is 9.10. The van der Waals surface area contributed by atoms with Crippen LogP contribution in [0.1, 0.15) is 11.1 Å². The summed E-state index contributed by atoms with van der Waals surface area (Å²) in [7, 11) is 1.47. The number of halogens is 2. The minimum absolute atomic E-state index is 0.0283. The van der Waals surface area contributed by atoms with Crippen LogP contribution >= 0.6 is 15.9 Å². The molecule has 1 fully saturated rings. The van der Waals surface area contributed by atoms with Crippen molar-refractivity contribution in [1.82, 2.24) is 10.6 Å². The fraction of sp³-hybridized carbons (Fsp3) is 0.111. The second kappa shape index (κ2) is 7.57. The van der Waals surface area contributed by atoms with E-state index >= 15 is 0 Å². The molecule has 1 heterocycles. The lowest BCUT2D eigenvalue weighted by molar-refractivity contribution is -0.115. The fourth-order valence-electron chi connectivity index (χ4n) is 2.38. The van der Waals surface area contributed by atoms with Crippen LogP contribution in [0.4, 0.5) is 9.18 Å². The Morgan fingerprint density at radius 2 is 1.96 bits per heavy atom. The van der Waals surface area contributed by atoms with E-state index in [-0.39, 0.29) is 18.1 Å². The summed E-state index contributed by atoms with van der Waals surface area (Å²) >= 11 is 3.39. The highest BCUT2D eigenvalue weighted by molar-refractivity contribution is 9.10. The third-order valence-electron chi connectivity index (χ3n) is 3.61. The van der Waals surface area contributed by atoms with Gasteiger partial charge in [0.2, 0.25) is 0 Å². The molecule has 3 amide bonds.